The van der Waals surface area contributed by atoms with Crippen molar-refractivity contribution in [3.05, 3.63) is 0 Å². The summed E-state index contributed by atoms with van der Waals surface area (Å²) in [5.74, 6) is -0.847. The van der Waals surface area contributed by atoms with Crippen LogP contribution in [0.3, 0.4) is 0 Å². The van der Waals surface area contributed by atoms with Gasteiger partial charge in [-0.3, -0.25) is 42.8 Å². The Bertz CT molecular complexity index is 971. The largest absolute Gasteiger partial charge is 0.356 e. The molecular formula is C30H63N6O9P3. The molecule has 0 bridgehead atoms. The van der Waals surface area contributed by atoms with Gasteiger partial charge in [-0.05, 0) is 19.3 Å². The van der Waals surface area contributed by atoms with Crippen LogP contribution in [-0.4, -0.2) is 143 Å². The van der Waals surface area contributed by atoms with Crippen LogP contribution in [0.15, 0.2) is 0 Å². The maximum Gasteiger partial charge on any atom is 0.220 e. The Balaban J connectivity index is 2.96. The van der Waals surface area contributed by atoms with Gasteiger partial charge in [0.1, 0.15) is 0 Å². The molecule has 1 aliphatic heterocycles. The van der Waals surface area contributed by atoms with Crippen LogP contribution in [0, 0.1) is 0 Å². The number of unbranched alkanes of at least 4 members (excludes halogenated alkanes) is 3. The Morgan fingerprint density at radius 1 is 0.500 bits per heavy atom. The Morgan fingerprint density at radius 2 is 0.729 bits per heavy atom. The van der Waals surface area contributed by atoms with E-state index in [-0.39, 0.29) is 74.3 Å². The minimum Gasteiger partial charge on any atom is -0.356 e. The van der Waals surface area contributed by atoms with E-state index in [1.165, 1.54) is 0 Å². The smallest absolute Gasteiger partial charge is 0.220 e. The topological polar surface area (TPSA) is 209 Å². The van der Waals surface area contributed by atoms with Crippen LogP contribution >= 0.6 is 22.1 Å². The summed E-state index contributed by atoms with van der Waals surface area (Å²) in [7, 11) is -11.3. The molecule has 18 heteroatoms. The van der Waals surface area contributed by atoms with E-state index in [1.54, 1.807) is 14.7 Å². The van der Waals surface area contributed by atoms with E-state index < -0.39 is 22.1 Å². The van der Waals surface area contributed by atoms with E-state index in [4.69, 9.17) is 0 Å². The highest BCUT2D eigenvalue weighted by Gasteiger charge is 2.30. The maximum absolute atomic E-state index is 13.2. The number of amides is 3. The average Bonchev–Trinajstić information content (AvgIpc) is 3.09. The molecule has 0 saturated carbocycles. The highest BCUT2D eigenvalue weighted by Crippen LogP contribution is 2.44. The first-order valence-electron chi connectivity index (χ1n) is 17.5. The number of hydrogen-bond acceptors (Lipinski definition) is 9. The van der Waals surface area contributed by atoms with Gasteiger partial charge in [0.15, 0.2) is 0 Å². The van der Waals surface area contributed by atoms with Crippen LogP contribution in [0.4, 0.5) is 0 Å². The molecule has 6 N–H and O–H groups in total. The summed E-state index contributed by atoms with van der Waals surface area (Å²) >= 11 is 0. The van der Waals surface area contributed by atoms with Crippen LogP contribution in [0.25, 0.3) is 0 Å². The van der Waals surface area contributed by atoms with Crippen molar-refractivity contribution in [3.63, 3.8) is 0 Å². The van der Waals surface area contributed by atoms with Crippen molar-refractivity contribution in [2.75, 3.05) is 96.2 Å². The zero-order valence-corrected chi connectivity index (χ0v) is 32.1. The van der Waals surface area contributed by atoms with E-state index in [9.17, 15) is 42.8 Å². The molecule has 0 aliphatic carbocycles. The van der Waals surface area contributed by atoms with Crippen molar-refractivity contribution in [2.45, 2.75) is 78.6 Å². The highest BCUT2D eigenvalue weighted by molar-refractivity contribution is 7.58. The second-order valence-electron chi connectivity index (χ2n) is 12.8. The number of carbonyl (C=O) groups is 3. The normalized spacial score (nSPS) is 19.1. The van der Waals surface area contributed by atoms with E-state index in [0.717, 1.165) is 38.5 Å². The van der Waals surface area contributed by atoms with Gasteiger partial charge in [0, 0.05) is 96.7 Å². The third kappa shape index (κ3) is 22.6. The number of carbonyl (C=O) groups excluding carboxylic acids is 3. The molecule has 1 aliphatic rings. The number of hydrogen-bond donors (Lipinski definition) is 6. The summed E-state index contributed by atoms with van der Waals surface area (Å²) in [5, 5.41) is 8.26. The summed E-state index contributed by atoms with van der Waals surface area (Å²) in [6.07, 6.45) is 3.84. The molecular weight excluding hydrogens is 681 g/mol. The Labute approximate surface area is 287 Å². The molecule has 0 spiro atoms. The monoisotopic (exact) mass is 744 g/mol. The fraction of sp³-hybridized carbons (Fsp3) is 0.900. The molecule has 3 atom stereocenters. The molecule has 1 fully saturated rings. The number of rotatable bonds is 24. The van der Waals surface area contributed by atoms with Crippen molar-refractivity contribution in [3.8, 4) is 0 Å². The van der Waals surface area contributed by atoms with Crippen molar-refractivity contribution in [1.29, 1.82) is 0 Å². The minimum absolute atomic E-state index is 0.0803. The standard InChI is InChI=1S/C30H63N6O9P3/c1-4-7-13-31-28(37)10-22-46(40,41)25-34-16-18-35(26-47(42,43)23-11-29(38)32-14-8-5-2)20-21-36(19-17-34)27-48(44,45)24-12-30(39)33-15-9-6-3/h4-27H2,1-3H3,(H,31,37)(H,32,38)(H,33,39)(H,40,41)(H,42,43)(H,44,45). The van der Waals surface area contributed by atoms with E-state index in [0.29, 0.717) is 58.9 Å². The maximum atomic E-state index is 13.2. The van der Waals surface area contributed by atoms with E-state index >= 15 is 0 Å². The van der Waals surface area contributed by atoms with Crippen molar-refractivity contribution >= 4 is 39.8 Å². The van der Waals surface area contributed by atoms with Crippen LogP contribution in [-0.2, 0) is 28.1 Å². The first kappa shape index (κ1) is 44.9. The molecule has 0 aromatic carbocycles. The minimum atomic E-state index is -3.76. The lowest BCUT2D eigenvalue weighted by atomic mass is 10.3. The second-order valence-corrected chi connectivity index (χ2v) is 20.1. The van der Waals surface area contributed by atoms with Gasteiger partial charge in [0.2, 0.25) is 39.8 Å². The molecule has 1 rings (SSSR count). The molecule has 3 unspecified atom stereocenters. The number of nitrogens with one attached hydrogen (secondary N) is 3. The molecule has 1 heterocycles. The SMILES string of the molecule is CCCCNC(=O)CCP(=O)(O)CN1CCN(CP(=O)(O)CCC(=O)NCCCC)CCN(CP(=O)(O)CCC(=O)NCCCC)CC1. The predicted molar refractivity (Wildman–Crippen MR) is 191 cm³/mol. The summed E-state index contributed by atoms with van der Waals surface area (Å²) in [4.78, 5) is 74.1. The molecule has 0 radical (unpaired) electrons. The molecule has 48 heavy (non-hydrogen) atoms. The van der Waals surface area contributed by atoms with Gasteiger partial charge < -0.3 is 30.6 Å². The fourth-order valence-electron chi connectivity index (χ4n) is 5.07. The van der Waals surface area contributed by atoms with Gasteiger partial charge in [0.25, 0.3) is 0 Å². The van der Waals surface area contributed by atoms with Gasteiger partial charge in [-0.25, -0.2) is 0 Å². The zero-order chi connectivity index (χ0) is 36.1. The Kier molecular flexibility index (Phi) is 22.6. The Morgan fingerprint density at radius 3 is 0.938 bits per heavy atom. The van der Waals surface area contributed by atoms with Crippen molar-refractivity contribution in [2.24, 2.45) is 0 Å². The molecule has 282 valence electrons. The molecule has 3 amide bonds. The van der Waals surface area contributed by atoms with Gasteiger partial charge in [-0.1, -0.05) is 40.0 Å². The van der Waals surface area contributed by atoms with E-state index in [1.807, 2.05) is 20.8 Å². The molecule has 0 aromatic heterocycles. The lowest BCUT2D eigenvalue weighted by Crippen LogP contribution is -2.37. The highest BCUT2D eigenvalue weighted by atomic mass is 31.2. The molecule has 1 saturated heterocycles. The quantitative estimate of drug-likeness (QED) is 0.0623. The van der Waals surface area contributed by atoms with Crippen molar-refractivity contribution < 1.29 is 42.8 Å². The third-order valence-corrected chi connectivity index (χ3v) is 13.4. The predicted octanol–water partition coefficient (Wildman–Crippen LogP) is 2.51. The second kappa shape index (κ2) is 24.1. The van der Waals surface area contributed by atoms with E-state index in [2.05, 4.69) is 16.0 Å². The average molecular weight is 745 g/mol. The first-order chi connectivity index (χ1) is 22.6. The van der Waals surface area contributed by atoms with Gasteiger partial charge in [-0.15, -0.1) is 0 Å². The third-order valence-electron chi connectivity index (χ3n) is 8.08. The van der Waals surface area contributed by atoms with Crippen LogP contribution < -0.4 is 16.0 Å². The summed E-state index contributed by atoms with van der Waals surface area (Å²) < 4.78 is 39.5. The van der Waals surface area contributed by atoms with Gasteiger partial charge in [0.05, 0.1) is 18.9 Å². The number of nitrogens with zero attached hydrogens (tertiary/aromatic N) is 3. The van der Waals surface area contributed by atoms with Crippen molar-refractivity contribution in [1.82, 2.24) is 30.7 Å². The Hall–Kier alpha value is -1.14. The summed E-state index contributed by atoms with van der Waals surface area (Å²) in [6, 6.07) is 0. The van der Waals surface area contributed by atoms with Crippen LogP contribution in [0.2, 0.25) is 0 Å². The molecule has 15 nitrogen and oxygen atoms in total. The van der Waals surface area contributed by atoms with Crippen LogP contribution in [0.1, 0.15) is 78.6 Å². The summed E-state index contributed by atoms with van der Waals surface area (Å²) in [6.45, 7) is 9.34. The van der Waals surface area contributed by atoms with Gasteiger partial charge in [-0.2, -0.15) is 0 Å². The summed E-state index contributed by atoms with van der Waals surface area (Å²) in [5.41, 5.74) is 0. The fourth-order valence-corrected chi connectivity index (χ4v) is 9.87. The lowest BCUT2D eigenvalue weighted by Gasteiger charge is -2.28. The lowest BCUT2D eigenvalue weighted by molar-refractivity contribution is -0.121. The molecule has 0 aromatic rings. The first-order valence-corrected chi connectivity index (χ1v) is 23.6. The zero-order valence-electron chi connectivity index (χ0n) is 29.4. The van der Waals surface area contributed by atoms with Crippen LogP contribution in [0.5, 0.6) is 0 Å². The van der Waals surface area contributed by atoms with Gasteiger partial charge >= 0.3 is 0 Å².